The zero-order valence-corrected chi connectivity index (χ0v) is 21.6. The van der Waals surface area contributed by atoms with Gasteiger partial charge in [-0.2, -0.15) is 0 Å². The number of aromatic nitrogens is 2. The van der Waals surface area contributed by atoms with Crippen LogP contribution in [-0.2, 0) is 16.2 Å². The Morgan fingerprint density at radius 1 is 1.39 bits per heavy atom. The van der Waals surface area contributed by atoms with E-state index in [2.05, 4.69) is 37.1 Å². The summed E-state index contributed by atoms with van der Waals surface area (Å²) in [5, 5.41) is 0. The van der Waals surface area contributed by atoms with Crippen LogP contribution >= 0.6 is 11.3 Å². The predicted octanol–water partition coefficient (Wildman–Crippen LogP) is 5.71. The van der Waals surface area contributed by atoms with E-state index in [4.69, 9.17) is 20.9 Å². The number of hydrogen-bond donors (Lipinski definition) is 0. The molecule has 1 fully saturated rings. The largest absolute Gasteiger partial charge is 0.444 e. The second kappa shape index (κ2) is 8.97. The lowest BCUT2D eigenvalue weighted by Crippen LogP contribution is -2.37. The van der Waals surface area contributed by atoms with E-state index in [1.165, 1.54) is 11.3 Å². The minimum absolute atomic E-state index is 0.140. The van der Waals surface area contributed by atoms with Gasteiger partial charge in [0.15, 0.2) is 0 Å². The summed E-state index contributed by atoms with van der Waals surface area (Å²) in [6.07, 6.45) is 6.18. The first-order valence-electron chi connectivity index (χ1n) is 10.9. The van der Waals surface area contributed by atoms with Gasteiger partial charge >= 0.3 is 6.09 Å². The summed E-state index contributed by atoms with van der Waals surface area (Å²) in [5.41, 5.74) is 0.440. The molecule has 1 aliphatic rings. The molecule has 1 amide bonds. The molecule has 31 heavy (non-hydrogen) atoms. The number of ether oxygens (including phenoxy) is 2. The standard InChI is InChI=1S/C23H35N3O3SSi/c1-9-17-13-19-21(30-17)24-20(26(19)15-28-10-11-31(6,7)8)18-12-16(2)14-25(18)22(27)29-23(3,4)5/h1,13,16,18H,10-12,14-15H2,2-8H3. The molecule has 0 saturated carbocycles. The number of fused-ring (bicyclic) bond motifs is 1. The molecule has 6 nitrogen and oxygen atoms in total. The van der Waals surface area contributed by atoms with Crippen LogP contribution in [0.5, 0.6) is 0 Å². The van der Waals surface area contributed by atoms with E-state index >= 15 is 0 Å². The van der Waals surface area contributed by atoms with E-state index < -0.39 is 13.7 Å². The Kier molecular flexibility index (Phi) is 6.89. The van der Waals surface area contributed by atoms with E-state index in [0.29, 0.717) is 19.2 Å². The highest BCUT2D eigenvalue weighted by atomic mass is 32.1. The van der Waals surface area contributed by atoms with Crippen LogP contribution in [0, 0.1) is 18.3 Å². The summed E-state index contributed by atoms with van der Waals surface area (Å²) >= 11 is 1.50. The monoisotopic (exact) mass is 461 g/mol. The van der Waals surface area contributed by atoms with Gasteiger partial charge in [0.05, 0.1) is 16.4 Å². The normalized spacial score (nSPS) is 19.7. The molecule has 0 radical (unpaired) electrons. The minimum atomic E-state index is -1.18. The fourth-order valence-electron chi connectivity index (χ4n) is 3.74. The Balaban J connectivity index is 1.91. The molecular weight excluding hydrogens is 426 g/mol. The van der Waals surface area contributed by atoms with Crippen molar-refractivity contribution in [2.24, 2.45) is 5.92 Å². The van der Waals surface area contributed by atoms with Gasteiger partial charge in [0.1, 0.15) is 23.0 Å². The Morgan fingerprint density at radius 3 is 2.71 bits per heavy atom. The first kappa shape index (κ1) is 23.8. The number of hydrogen-bond acceptors (Lipinski definition) is 5. The van der Waals surface area contributed by atoms with Crippen LogP contribution in [0.2, 0.25) is 25.7 Å². The van der Waals surface area contributed by atoms with Crippen molar-refractivity contribution in [1.29, 1.82) is 0 Å². The molecule has 2 unspecified atom stereocenters. The van der Waals surface area contributed by atoms with E-state index in [9.17, 15) is 4.79 Å². The van der Waals surface area contributed by atoms with Crippen molar-refractivity contribution in [2.75, 3.05) is 13.2 Å². The van der Waals surface area contributed by atoms with Gasteiger partial charge in [0.2, 0.25) is 0 Å². The van der Waals surface area contributed by atoms with Crippen LogP contribution in [0.15, 0.2) is 6.07 Å². The van der Waals surface area contributed by atoms with Crippen LogP contribution in [0.3, 0.4) is 0 Å². The molecule has 1 aliphatic heterocycles. The van der Waals surface area contributed by atoms with Crippen molar-refractivity contribution < 1.29 is 14.3 Å². The van der Waals surface area contributed by atoms with E-state index in [1.54, 1.807) is 0 Å². The number of carbonyl (C=O) groups excluding carboxylic acids is 1. The van der Waals surface area contributed by atoms with Crippen LogP contribution in [0.25, 0.3) is 10.3 Å². The lowest BCUT2D eigenvalue weighted by Gasteiger charge is -2.28. The highest BCUT2D eigenvalue weighted by molar-refractivity contribution is 7.19. The van der Waals surface area contributed by atoms with Crippen molar-refractivity contribution in [3.63, 3.8) is 0 Å². The van der Waals surface area contributed by atoms with Crippen LogP contribution in [0.4, 0.5) is 4.79 Å². The Labute approximate surface area is 190 Å². The molecule has 0 spiro atoms. The zero-order chi connectivity index (χ0) is 23.0. The number of thiophene rings is 1. The van der Waals surface area contributed by atoms with Crippen LogP contribution < -0.4 is 0 Å². The second-order valence-electron chi connectivity index (χ2n) is 10.7. The summed E-state index contributed by atoms with van der Waals surface area (Å²) in [5.74, 6) is 3.94. The number of likely N-dealkylation sites (tertiary alicyclic amines) is 1. The van der Waals surface area contributed by atoms with Crippen molar-refractivity contribution in [1.82, 2.24) is 14.5 Å². The van der Waals surface area contributed by atoms with Crippen molar-refractivity contribution >= 4 is 35.9 Å². The van der Waals surface area contributed by atoms with Gasteiger partial charge in [0, 0.05) is 21.2 Å². The molecule has 170 valence electrons. The molecule has 2 atom stereocenters. The Hall–Kier alpha value is -1.82. The molecule has 2 aromatic heterocycles. The summed E-state index contributed by atoms with van der Waals surface area (Å²) in [7, 11) is -1.18. The highest BCUT2D eigenvalue weighted by Gasteiger charge is 2.39. The third-order valence-corrected chi connectivity index (χ3v) is 7.93. The maximum atomic E-state index is 12.9. The van der Waals surface area contributed by atoms with Gasteiger partial charge < -0.3 is 14.0 Å². The molecule has 8 heteroatoms. The van der Waals surface area contributed by atoms with Gasteiger partial charge in [-0.25, -0.2) is 9.78 Å². The molecule has 0 N–H and O–H groups in total. The van der Waals surface area contributed by atoms with Gasteiger partial charge in [-0.15, -0.1) is 17.8 Å². The molecule has 0 aliphatic carbocycles. The molecule has 0 aromatic carbocycles. The fraction of sp³-hybridized carbons (Fsp3) is 0.652. The van der Waals surface area contributed by atoms with Crippen molar-refractivity contribution in [3.8, 4) is 12.3 Å². The molecule has 2 aromatic rings. The minimum Gasteiger partial charge on any atom is -0.444 e. The summed E-state index contributed by atoms with van der Waals surface area (Å²) in [6.45, 7) is 16.6. The highest BCUT2D eigenvalue weighted by Crippen LogP contribution is 2.38. The number of amides is 1. The summed E-state index contributed by atoms with van der Waals surface area (Å²) in [4.78, 5) is 21.4. The van der Waals surface area contributed by atoms with E-state index in [0.717, 1.165) is 40.1 Å². The maximum Gasteiger partial charge on any atom is 0.410 e. The number of nitrogens with zero attached hydrogens (tertiary/aromatic N) is 3. The maximum absolute atomic E-state index is 12.9. The third kappa shape index (κ3) is 5.91. The average Bonchev–Trinajstić information content (AvgIpc) is 3.28. The number of imidazole rings is 1. The quantitative estimate of drug-likeness (QED) is 0.314. The van der Waals surface area contributed by atoms with Crippen LogP contribution in [-0.4, -0.2) is 47.4 Å². The first-order valence-corrected chi connectivity index (χ1v) is 15.4. The molecule has 3 rings (SSSR count). The van der Waals surface area contributed by atoms with Gasteiger partial charge in [0.25, 0.3) is 0 Å². The molecule has 3 heterocycles. The number of rotatable bonds is 6. The average molecular weight is 462 g/mol. The first-order chi connectivity index (χ1) is 14.4. The van der Waals surface area contributed by atoms with E-state index in [-0.39, 0.29) is 12.1 Å². The third-order valence-electron chi connectivity index (χ3n) is 5.27. The second-order valence-corrected chi connectivity index (χ2v) is 17.3. The topological polar surface area (TPSA) is 56.6 Å². The molecular formula is C23H35N3O3SSi. The van der Waals surface area contributed by atoms with Gasteiger partial charge in [-0.1, -0.05) is 32.5 Å². The summed E-state index contributed by atoms with van der Waals surface area (Å²) in [6, 6.07) is 2.96. The molecule has 1 saturated heterocycles. The Bertz CT molecular complexity index is 977. The molecule has 0 bridgehead atoms. The lowest BCUT2D eigenvalue weighted by atomic mass is 10.1. The van der Waals surface area contributed by atoms with Crippen LogP contribution in [0.1, 0.15) is 50.9 Å². The number of carbonyl (C=O) groups is 1. The van der Waals surface area contributed by atoms with Crippen molar-refractivity contribution in [3.05, 3.63) is 16.8 Å². The SMILES string of the molecule is C#Cc1cc2c(nc(C3CC(C)CN3C(=O)OC(C)(C)C)n2COCC[Si](C)(C)C)s1. The lowest BCUT2D eigenvalue weighted by molar-refractivity contribution is 0.0201. The number of terminal acetylenes is 1. The fourth-order valence-corrected chi connectivity index (χ4v) is 5.35. The van der Waals surface area contributed by atoms with Gasteiger partial charge in [-0.3, -0.25) is 4.90 Å². The zero-order valence-electron chi connectivity index (χ0n) is 19.8. The van der Waals surface area contributed by atoms with E-state index in [1.807, 2.05) is 31.7 Å². The van der Waals surface area contributed by atoms with Gasteiger partial charge in [-0.05, 0) is 45.2 Å². The van der Waals surface area contributed by atoms with Crippen molar-refractivity contribution in [2.45, 2.75) is 78.2 Å². The predicted molar refractivity (Wildman–Crippen MR) is 129 cm³/mol. The summed E-state index contributed by atoms with van der Waals surface area (Å²) < 4.78 is 13.9. The smallest absolute Gasteiger partial charge is 0.410 e. The Morgan fingerprint density at radius 2 is 2.10 bits per heavy atom.